The van der Waals surface area contributed by atoms with Crippen LogP contribution < -0.4 is 0 Å². The molecule has 0 radical (unpaired) electrons. The van der Waals surface area contributed by atoms with E-state index < -0.39 is 5.60 Å². The lowest BCUT2D eigenvalue weighted by atomic mass is 9.94. The van der Waals surface area contributed by atoms with Crippen LogP contribution in [0.1, 0.15) is 11.4 Å². The first-order valence-corrected chi connectivity index (χ1v) is 5.70. The van der Waals surface area contributed by atoms with Crippen molar-refractivity contribution in [1.82, 2.24) is 9.55 Å². The zero-order chi connectivity index (χ0) is 11.2. The van der Waals surface area contributed by atoms with Crippen LogP contribution in [0, 0.1) is 0 Å². The van der Waals surface area contributed by atoms with Gasteiger partial charge in [-0.2, -0.15) is 0 Å². The summed E-state index contributed by atoms with van der Waals surface area (Å²) in [6, 6.07) is 7.61. The number of halogens is 1. The molecule has 4 heteroatoms. The van der Waals surface area contributed by atoms with Gasteiger partial charge in [-0.3, -0.25) is 0 Å². The molecular formula is C12H9BrN2O. The summed E-state index contributed by atoms with van der Waals surface area (Å²) < 4.78 is 2.76. The van der Waals surface area contributed by atoms with Crippen LogP contribution in [-0.2, 0) is 5.60 Å². The number of fused-ring (bicyclic) bond motifs is 1. The van der Waals surface area contributed by atoms with Gasteiger partial charge in [-0.25, -0.2) is 4.98 Å². The predicted octanol–water partition coefficient (Wildman–Crippen LogP) is 2.37. The van der Waals surface area contributed by atoms with Crippen molar-refractivity contribution in [3.63, 3.8) is 0 Å². The smallest absolute Gasteiger partial charge is 0.168 e. The molecule has 1 atom stereocenters. The van der Waals surface area contributed by atoms with E-state index >= 15 is 0 Å². The van der Waals surface area contributed by atoms with E-state index in [1.54, 1.807) is 12.3 Å². The quantitative estimate of drug-likeness (QED) is 0.869. The Morgan fingerprint density at radius 3 is 3.06 bits per heavy atom. The third kappa shape index (κ3) is 1.27. The summed E-state index contributed by atoms with van der Waals surface area (Å²) in [6.07, 6.45) is 7.07. The van der Waals surface area contributed by atoms with Crippen LogP contribution in [-0.4, -0.2) is 14.7 Å². The van der Waals surface area contributed by atoms with Crippen LogP contribution in [0.3, 0.4) is 0 Å². The molecule has 1 N–H and O–H groups in total. The second-order valence-electron chi connectivity index (χ2n) is 3.75. The summed E-state index contributed by atoms with van der Waals surface area (Å²) in [6.45, 7) is 0. The van der Waals surface area contributed by atoms with Crippen molar-refractivity contribution in [1.29, 1.82) is 0 Å². The van der Waals surface area contributed by atoms with Gasteiger partial charge in [0, 0.05) is 23.1 Å². The maximum Gasteiger partial charge on any atom is 0.168 e. The van der Waals surface area contributed by atoms with E-state index in [4.69, 9.17) is 0 Å². The average molecular weight is 277 g/mol. The summed E-state index contributed by atoms with van der Waals surface area (Å²) in [5, 5.41) is 10.6. The number of aliphatic hydroxyl groups is 1. The minimum atomic E-state index is -1.12. The molecule has 0 amide bonds. The monoisotopic (exact) mass is 276 g/mol. The predicted molar refractivity (Wildman–Crippen MR) is 64.7 cm³/mol. The standard InChI is InChI=1S/C12H9BrN2O/c13-10-3-1-2-9(8-10)12(16)4-6-15-7-5-14-11(12)15/h1-8,16H/t12-/m0/s1. The molecule has 0 aliphatic carbocycles. The highest BCUT2D eigenvalue weighted by molar-refractivity contribution is 9.10. The van der Waals surface area contributed by atoms with Gasteiger partial charge in [0.15, 0.2) is 11.4 Å². The highest BCUT2D eigenvalue weighted by Crippen LogP contribution is 2.35. The minimum absolute atomic E-state index is 0.630. The zero-order valence-electron chi connectivity index (χ0n) is 8.34. The van der Waals surface area contributed by atoms with Crippen molar-refractivity contribution in [3.05, 3.63) is 58.6 Å². The van der Waals surface area contributed by atoms with Crippen LogP contribution >= 0.6 is 15.9 Å². The summed E-state index contributed by atoms with van der Waals surface area (Å²) in [5.74, 6) is 0.630. The van der Waals surface area contributed by atoms with Gasteiger partial charge in [0.1, 0.15) is 0 Å². The van der Waals surface area contributed by atoms with Gasteiger partial charge < -0.3 is 9.67 Å². The molecule has 3 rings (SSSR count). The molecular weight excluding hydrogens is 268 g/mol. The Hall–Kier alpha value is -1.39. The largest absolute Gasteiger partial charge is 0.373 e. The van der Waals surface area contributed by atoms with Gasteiger partial charge >= 0.3 is 0 Å². The average Bonchev–Trinajstić information content (AvgIpc) is 2.84. The number of aromatic nitrogens is 2. The van der Waals surface area contributed by atoms with Gasteiger partial charge in [0.2, 0.25) is 0 Å². The van der Waals surface area contributed by atoms with Crippen LogP contribution in [0.5, 0.6) is 0 Å². The fourth-order valence-corrected chi connectivity index (χ4v) is 2.34. The van der Waals surface area contributed by atoms with Crippen molar-refractivity contribution < 1.29 is 5.11 Å². The molecule has 1 aliphatic rings. The lowest BCUT2D eigenvalue weighted by Gasteiger charge is -2.20. The fourth-order valence-electron chi connectivity index (χ4n) is 1.94. The van der Waals surface area contributed by atoms with E-state index in [0.717, 1.165) is 10.0 Å². The number of imidazole rings is 1. The molecule has 0 spiro atoms. The summed E-state index contributed by atoms with van der Waals surface area (Å²) >= 11 is 3.40. The first kappa shape index (κ1) is 9.81. The molecule has 1 aromatic heterocycles. The van der Waals surface area contributed by atoms with Gasteiger partial charge in [0.05, 0.1) is 0 Å². The number of rotatable bonds is 1. The molecule has 16 heavy (non-hydrogen) atoms. The molecule has 0 saturated heterocycles. The van der Waals surface area contributed by atoms with Crippen LogP contribution in [0.25, 0.3) is 6.20 Å². The van der Waals surface area contributed by atoms with Crippen molar-refractivity contribution in [2.75, 3.05) is 0 Å². The molecule has 0 unspecified atom stereocenters. The van der Waals surface area contributed by atoms with Crippen molar-refractivity contribution in [2.45, 2.75) is 5.60 Å². The first-order chi connectivity index (χ1) is 7.70. The highest BCUT2D eigenvalue weighted by Gasteiger charge is 2.36. The Morgan fingerprint density at radius 2 is 2.25 bits per heavy atom. The fraction of sp³-hybridized carbons (Fsp3) is 0.0833. The molecule has 2 aromatic rings. The van der Waals surface area contributed by atoms with E-state index in [9.17, 15) is 5.11 Å². The molecule has 80 valence electrons. The third-order valence-corrected chi connectivity index (χ3v) is 3.24. The van der Waals surface area contributed by atoms with E-state index in [2.05, 4.69) is 20.9 Å². The van der Waals surface area contributed by atoms with Crippen molar-refractivity contribution in [3.8, 4) is 0 Å². The van der Waals surface area contributed by atoms with Crippen LogP contribution in [0.4, 0.5) is 0 Å². The first-order valence-electron chi connectivity index (χ1n) is 4.91. The van der Waals surface area contributed by atoms with E-state index in [1.807, 2.05) is 41.2 Å². The Bertz CT molecular complexity index is 576. The van der Waals surface area contributed by atoms with Crippen LogP contribution in [0.15, 0.2) is 47.2 Å². The van der Waals surface area contributed by atoms with E-state index in [0.29, 0.717) is 5.82 Å². The van der Waals surface area contributed by atoms with Gasteiger partial charge in [-0.1, -0.05) is 28.1 Å². The lowest BCUT2D eigenvalue weighted by Crippen LogP contribution is -2.24. The third-order valence-electron chi connectivity index (χ3n) is 2.75. The topological polar surface area (TPSA) is 38.0 Å². The minimum Gasteiger partial charge on any atom is -0.373 e. The Balaban J connectivity index is 2.18. The maximum absolute atomic E-state index is 10.6. The Labute approximate surface area is 101 Å². The number of benzene rings is 1. The second-order valence-corrected chi connectivity index (χ2v) is 4.67. The molecule has 0 bridgehead atoms. The zero-order valence-corrected chi connectivity index (χ0v) is 9.92. The normalized spacial score (nSPS) is 22.4. The van der Waals surface area contributed by atoms with Crippen molar-refractivity contribution in [2.24, 2.45) is 0 Å². The Kier molecular flexibility index (Phi) is 2.02. The summed E-state index contributed by atoms with van der Waals surface area (Å²) in [5.41, 5.74) is -0.309. The van der Waals surface area contributed by atoms with E-state index in [-0.39, 0.29) is 0 Å². The lowest BCUT2D eigenvalue weighted by molar-refractivity contribution is 0.129. The number of hydrogen-bond acceptors (Lipinski definition) is 2. The van der Waals surface area contributed by atoms with Gasteiger partial charge in [-0.15, -0.1) is 0 Å². The number of nitrogens with zero attached hydrogens (tertiary/aromatic N) is 2. The summed E-state index contributed by atoms with van der Waals surface area (Å²) in [7, 11) is 0. The second kappa shape index (κ2) is 3.30. The molecule has 2 heterocycles. The van der Waals surface area contributed by atoms with Crippen LogP contribution in [0.2, 0.25) is 0 Å². The molecule has 1 aromatic carbocycles. The van der Waals surface area contributed by atoms with Gasteiger partial charge in [0.25, 0.3) is 0 Å². The highest BCUT2D eigenvalue weighted by atomic mass is 79.9. The molecule has 1 aliphatic heterocycles. The number of hydrogen-bond donors (Lipinski definition) is 1. The Morgan fingerprint density at radius 1 is 1.38 bits per heavy atom. The molecule has 0 saturated carbocycles. The SMILES string of the molecule is O[C@]1(c2cccc(Br)c2)C=Cn2ccnc21. The van der Waals surface area contributed by atoms with Gasteiger partial charge in [-0.05, 0) is 23.8 Å². The van der Waals surface area contributed by atoms with E-state index in [1.165, 1.54) is 0 Å². The molecule has 3 nitrogen and oxygen atoms in total. The maximum atomic E-state index is 10.6. The molecule has 0 fully saturated rings. The van der Waals surface area contributed by atoms with Crippen molar-refractivity contribution >= 4 is 22.1 Å². The summed E-state index contributed by atoms with van der Waals surface area (Å²) in [4.78, 5) is 4.19.